The number of hydrogen-bond acceptors (Lipinski definition) is 10. The van der Waals surface area contributed by atoms with E-state index in [1.807, 2.05) is 89.8 Å². The molecule has 14 heteroatoms. The first-order valence-corrected chi connectivity index (χ1v) is 21.1. The fourth-order valence-corrected chi connectivity index (χ4v) is 10.1. The zero-order valence-corrected chi connectivity index (χ0v) is 35.3. The Labute approximate surface area is 370 Å². The maximum atomic E-state index is 16.1. The molecule has 0 aromatic heterocycles. The van der Waals surface area contributed by atoms with Crippen LogP contribution in [0.4, 0.5) is 10.5 Å². The number of amides is 4. The fourth-order valence-electron chi connectivity index (χ4n) is 10.1. The third-order valence-corrected chi connectivity index (χ3v) is 12.7. The molecule has 4 aliphatic heterocycles. The smallest absolute Gasteiger partial charge is 0.324 e. The second-order valence-electron chi connectivity index (χ2n) is 16.1. The molecule has 9 rings (SSSR count). The number of morpholine rings is 1. The summed E-state index contributed by atoms with van der Waals surface area (Å²) in [5, 5.41) is 15.4. The third kappa shape index (κ3) is 7.22. The minimum Gasteiger partial charge on any atom is -0.493 e. The van der Waals surface area contributed by atoms with Crippen molar-refractivity contribution in [3.8, 4) is 29.1 Å². The molecule has 326 valence electrons. The van der Waals surface area contributed by atoms with Crippen LogP contribution in [0, 0.1) is 17.8 Å². The van der Waals surface area contributed by atoms with Gasteiger partial charge in [0.25, 0.3) is 0 Å². The largest absolute Gasteiger partial charge is 0.493 e. The molecule has 4 aliphatic rings. The highest BCUT2D eigenvalue weighted by atomic mass is 16.6. The molecule has 0 aliphatic carbocycles. The first-order valence-electron chi connectivity index (χ1n) is 21.1. The fraction of sp³-hybridized carbons (Fsp3) is 0.280. The molecular formula is C50H47N5O9. The van der Waals surface area contributed by atoms with Crippen LogP contribution in [-0.4, -0.2) is 85.3 Å². The van der Waals surface area contributed by atoms with Crippen LogP contribution >= 0.6 is 0 Å². The highest BCUT2D eigenvalue weighted by Crippen LogP contribution is 2.65. The van der Waals surface area contributed by atoms with Gasteiger partial charge in [0.1, 0.15) is 29.9 Å². The Morgan fingerprint density at radius 1 is 0.875 bits per heavy atom. The van der Waals surface area contributed by atoms with Gasteiger partial charge in [0.05, 0.1) is 45.4 Å². The number of carbonyl (C=O) groups excluding carboxylic acids is 4. The number of anilines is 1. The van der Waals surface area contributed by atoms with Gasteiger partial charge in [0.15, 0.2) is 11.5 Å². The molecule has 6 unspecified atom stereocenters. The molecule has 5 aromatic carbocycles. The lowest BCUT2D eigenvalue weighted by molar-refractivity contribution is -0.179. The van der Waals surface area contributed by atoms with Crippen LogP contribution in [0.5, 0.6) is 17.2 Å². The maximum Gasteiger partial charge on any atom is 0.324 e. The van der Waals surface area contributed by atoms with E-state index < -0.39 is 59.4 Å². The van der Waals surface area contributed by atoms with Crippen molar-refractivity contribution in [3.05, 3.63) is 154 Å². The third-order valence-electron chi connectivity index (χ3n) is 12.7. The summed E-state index contributed by atoms with van der Waals surface area (Å²) in [4.78, 5) is 62.3. The number of benzene rings is 5. The zero-order valence-electron chi connectivity index (χ0n) is 35.3. The lowest BCUT2D eigenvalue weighted by Gasteiger charge is -2.46. The number of rotatable bonds is 10. The number of hydrogen-bond donors (Lipinski definition) is 4. The minimum atomic E-state index is -1.77. The van der Waals surface area contributed by atoms with E-state index in [-0.39, 0.29) is 26.3 Å². The number of nitrogens with one attached hydrogen (secondary N) is 2. The van der Waals surface area contributed by atoms with Crippen LogP contribution in [0.3, 0.4) is 0 Å². The van der Waals surface area contributed by atoms with Gasteiger partial charge in [-0.15, -0.1) is 0 Å². The van der Waals surface area contributed by atoms with Gasteiger partial charge in [-0.05, 0) is 82.3 Å². The van der Waals surface area contributed by atoms with E-state index in [9.17, 15) is 9.90 Å². The Morgan fingerprint density at radius 2 is 1.58 bits per heavy atom. The Balaban J connectivity index is 1.30. The maximum absolute atomic E-state index is 16.1. The Morgan fingerprint density at radius 3 is 2.28 bits per heavy atom. The number of urea groups is 1. The van der Waals surface area contributed by atoms with Gasteiger partial charge in [-0.1, -0.05) is 84.6 Å². The van der Waals surface area contributed by atoms with E-state index in [0.29, 0.717) is 52.6 Å². The van der Waals surface area contributed by atoms with Gasteiger partial charge in [0, 0.05) is 24.3 Å². The molecule has 0 bridgehead atoms. The van der Waals surface area contributed by atoms with Gasteiger partial charge >= 0.3 is 12.0 Å². The van der Waals surface area contributed by atoms with Crippen LogP contribution in [0.15, 0.2) is 115 Å². The van der Waals surface area contributed by atoms with E-state index >= 15 is 14.4 Å². The second kappa shape index (κ2) is 17.4. The van der Waals surface area contributed by atoms with Crippen molar-refractivity contribution in [1.82, 2.24) is 15.1 Å². The van der Waals surface area contributed by atoms with E-state index in [1.165, 1.54) is 0 Å². The molecule has 64 heavy (non-hydrogen) atoms. The quantitative estimate of drug-likeness (QED) is 0.111. The molecule has 1 spiro atoms. The number of methoxy groups -OCH3 is 2. The number of carbonyl (C=O) groups is 4. The van der Waals surface area contributed by atoms with Crippen LogP contribution in [-0.2, 0) is 37.5 Å². The first kappa shape index (κ1) is 42.0. The topological polar surface area (TPSA) is 182 Å². The molecule has 4 amide bonds. The first-order chi connectivity index (χ1) is 31.2. The summed E-state index contributed by atoms with van der Waals surface area (Å²) >= 11 is 0. The number of nitrogens with zero attached hydrogens (tertiary/aromatic N) is 2. The normalized spacial score (nSPS) is 23.1. The predicted molar refractivity (Wildman–Crippen MR) is 235 cm³/mol. The second-order valence-corrected chi connectivity index (χ2v) is 16.1. The van der Waals surface area contributed by atoms with Crippen LogP contribution in [0.1, 0.15) is 57.1 Å². The summed E-state index contributed by atoms with van der Waals surface area (Å²) in [5.41, 5.74) is 8.97. The molecule has 4 heterocycles. The number of nitrogens with two attached hydrogens (primary N) is 1. The van der Waals surface area contributed by atoms with Gasteiger partial charge in [-0.2, -0.15) is 0 Å². The number of ether oxygens (including phenoxy) is 4. The monoisotopic (exact) mass is 861 g/mol. The van der Waals surface area contributed by atoms with Crippen molar-refractivity contribution in [3.63, 3.8) is 0 Å². The average Bonchev–Trinajstić information content (AvgIpc) is 3.80. The van der Waals surface area contributed by atoms with Crippen molar-refractivity contribution in [2.24, 2.45) is 11.7 Å². The Hall–Kier alpha value is -7.34. The number of fused-ring (bicyclic) bond motifs is 4. The Kier molecular flexibility index (Phi) is 11.4. The average molecular weight is 862 g/mol. The molecule has 2 saturated heterocycles. The number of cyclic esters (lactones) is 1. The van der Waals surface area contributed by atoms with Crippen LogP contribution in [0.2, 0.25) is 0 Å². The molecule has 0 saturated carbocycles. The van der Waals surface area contributed by atoms with Gasteiger partial charge in [-0.25, -0.2) is 4.79 Å². The molecule has 5 aromatic rings. The standard InChI is InChI=1S/C50H47N5O9/c1-61-39-27-33-20-22-54(29-35(33)28-40(39)62-2)46(57)41-43-47(58)64-44(32-14-7-4-8-15-32)42(31-12-5-3-6-13-31)55(43)45(34-16-9-17-36(26-34)63-24-23-56)50(41)37-25-30(11-10-21-52-49(51)60)18-19-38(37)53-48(50)59/h3-9,12-19,25-28,41-45,56H,20-24,29H2,1-2H3,(H,53,59)(H3,51,52,60). The lowest BCUT2D eigenvalue weighted by atomic mass is 9.64. The number of aliphatic hydroxyl groups is 1. The SMILES string of the molecule is COc1cc2c(cc1OC)CN(C(=O)C1C3C(=O)OC(c4ccccc4)C(c4ccccc4)N3C(c3cccc(OCCO)c3)C13C(=O)Nc1ccc(C#CCNC(N)=O)cc13)CC2. The van der Waals surface area contributed by atoms with Gasteiger partial charge in [0.2, 0.25) is 11.8 Å². The molecule has 14 nitrogen and oxygen atoms in total. The van der Waals surface area contributed by atoms with Crippen LogP contribution < -0.4 is 30.6 Å². The van der Waals surface area contributed by atoms with E-state index in [4.69, 9.17) is 24.7 Å². The molecule has 5 N–H and O–H groups in total. The number of primary amides is 1. The van der Waals surface area contributed by atoms with E-state index in [2.05, 4.69) is 22.5 Å². The van der Waals surface area contributed by atoms with E-state index in [0.717, 1.165) is 22.3 Å². The van der Waals surface area contributed by atoms with Crippen molar-refractivity contribution in [2.45, 2.75) is 42.6 Å². The highest BCUT2D eigenvalue weighted by molar-refractivity contribution is 6.12. The summed E-state index contributed by atoms with van der Waals surface area (Å²) in [6, 6.07) is 31.8. The van der Waals surface area contributed by atoms with Gasteiger partial charge < -0.3 is 45.3 Å². The molecule has 2 fully saturated rings. The van der Waals surface area contributed by atoms with Crippen molar-refractivity contribution in [2.75, 3.05) is 45.8 Å². The Bertz CT molecular complexity index is 2680. The summed E-state index contributed by atoms with van der Waals surface area (Å²) in [6.45, 7) is 0.250. The zero-order chi connectivity index (χ0) is 44.5. The molecular weight excluding hydrogens is 815 g/mol. The predicted octanol–water partition coefficient (Wildman–Crippen LogP) is 4.95. The van der Waals surface area contributed by atoms with Crippen molar-refractivity contribution < 1.29 is 43.2 Å². The molecule has 6 atom stereocenters. The summed E-state index contributed by atoms with van der Waals surface area (Å²) in [6.07, 6.45) is -0.365. The number of esters is 1. The summed E-state index contributed by atoms with van der Waals surface area (Å²) in [5.74, 6) is 4.67. The van der Waals surface area contributed by atoms with Crippen molar-refractivity contribution in [1.29, 1.82) is 0 Å². The summed E-state index contributed by atoms with van der Waals surface area (Å²) < 4.78 is 23.8. The molecule has 0 radical (unpaired) electrons. The van der Waals surface area contributed by atoms with E-state index in [1.54, 1.807) is 49.5 Å². The summed E-state index contributed by atoms with van der Waals surface area (Å²) in [7, 11) is 3.13. The van der Waals surface area contributed by atoms with Crippen molar-refractivity contribution >= 4 is 29.5 Å². The number of aliphatic hydroxyl groups excluding tert-OH is 1. The lowest BCUT2D eigenvalue weighted by Crippen LogP contribution is -2.56. The van der Waals surface area contributed by atoms with Crippen LogP contribution in [0.25, 0.3) is 0 Å². The highest BCUT2D eigenvalue weighted by Gasteiger charge is 2.74. The minimum absolute atomic E-state index is 0.0187. The van der Waals surface area contributed by atoms with Gasteiger partial charge in [-0.3, -0.25) is 19.3 Å².